The number of nitrogens with one attached hydrogen (secondary N) is 2. The van der Waals surface area contributed by atoms with Gasteiger partial charge in [-0.3, -0.25) is 0 Å². The van der Waals surface area contributed by atoms with Crippen molar-refractivity contribution < 1.29 is 0 Å². The Bertz CT molecular complexity index is 334. The number of pyridine rings is 1. The van der Waals surface area contributed by atoms with Crippen LogP contribution in [0, 0.1) is 13.8 Å². The molecule has 3 nitrogen and oxygen atoms in total. The lowest BCUT2D eigenvalue weighted by Crippen LogP contribution is -2.17. The van der Waals surface area contributed by atoms with Crippen LogP contribution in [0.3, 0.4) is 0 Å². The molecule has 0 aliphatic carbocycles. The summed E-state index contributed by atoms with van der Waals surface area (Å²) in [5, 5.41) is 6.76. The Hall–Kier alpha value is -1.09. The van der Waals surface area contributed by atoms with Gasteiger partial charge in [0.25, 0.3) is 0 Å². The molecule has 0 radical (unpaired) electrons. The van der Waals surface area contributed by atoms with Gasteiger partial charge < -0.3 is 10.6 Å². The fourth-order valence-electron chi connectivity index (χ4n) is 1.79. The van der Waals surface area contributed by atoms with Crippen LogP contribution >= 0.6 is 0 Å². The minimum absolute atomic E-state index is 0.898. The lowest BCUT2D eigenvalue weighted by atomic mass is 10.1. The number of rotatable bonds is 6. The molecule has 0 aliphatic heterocycles. The smallest absolute Gasteiger partial charge is 0.131 e. The van der Waals surface area contributed by atoms with Crippen LogP contribution in [0.1, 0.15) is 37.1 Å². The van der Waals surface area contributed by atoms with Crippen molar-refractivity contribution in [3.8, 4) is 0 Å². The first-order chi connectivity index (χ1) is 7.69. The van der Waals surface area contributed by atoms with Crippen LogP contribution in [0.2, 0.25) is 0 Å². The summed E-state index contributed by atoms with van der Waals surface area (Å²) in [4.78, 5) is 4.55. The Kier molecular flexibility index (Phi) is 5.26. The van der Waals surface area contributed by atoms with Crippen LogP contribution in [0.4, 0.5) is 5.82 Å². The lowest BCUT2D eigenvalue weighted by Gasteiger charge is -2.14. The molecule has 0 aromatic carbocycles. The molecular formula is C13H23N3. The molecule has 0 atom stereocenters. The number of nitrogens with zero attached hydrogens (tertiary/aromatic N) is 1. The highest BCUT2D eigenvalue weighted by Crippen LogP contribution is 2.18. The summed E-state index contributed by atoms with van der Waals surface area (Å²) < 4.78 is 0. The maximum Gasteiger partial charge on any atom is 0.131 e. The first-order valence-electron chi connectivity index (χ1n) is 6.10. The van der Waals surface area contributed by atoms with E-state index in [1.165, 1.54) is 11.1 Å². The van der Waals surface area contributed by atoms with Crippen molar-refractivity contribution in [3.05, 3.63) is 22.9 Å². The Morgan fingerprint density at radius 3 is 2.62 bits per heavy atom. The largest absolute Gasteiger partial charge is 0.370 e. The van der Waals surface area contributed by atoms with Gasteiger partial charge in [0.15, 0.2) is 0 Å². The SMILES string of the molecule is CCCNCc1c(C)cc(C)nc1NCC. The molecule has 0 saturated heterocycles. The number of hydrogen-bond acceptors (Lipinski definition) is 3. The molecule has 1 rings (SSSR count). The average molecular weight is 221 g/mol. The normalized spacial score (nSPS) is 10.5. The molecule has 90 valence electrons. The third kappa shape index (κ3) is 3.49. The van der Waals surface area contributed by atoms with Gasteiger partial charge >= 0.3 is 0 Å². The first kappa shape index (κ1) is 13.0. The summed E-state index contributed by atoms with van der Waals surface area (Å²) in [5.74, 6) is 1.03. The molecule has 2 N–H and O–H groups in total. The molecule has 1 aromatic heterocycles. The van der Waals surface area contributed by atoms with Gasteiger partial charge in [-0.15, -0.1) is 0 Å². The second kappa shape index (κ2) is 6.48. The average Bonchev–Trinajstić information content (AvgIpc) is 2.22. The molecule has 0 bridgehead atoms. The van der Waals surface area contributed by atoms with Gasteiger partial charge in [-0.2, -0.15) is 0 Å². The van der Waals surface area contributed by atoms with Gasteiger partial charge in [0.05, 0.1) is 0 Å². The van der Waals surface area contributed by atoms with Crippen molar-refractivity contribution >= 4 is 5.82 Å². The van der Waals surface area contributed by atoms with Crippen LogP contribution in [-0.4, -0.2) is 18.1 Å². The van der Waals surface area contributed by atoms with Gasteiger partial charge in [0.1, 0.15) is 5.82 Å². The van der Waals surface area contributed by atoms with E-state index in [0.717, 1.165) is 37.6 Å². The van der Waals surface area contributed by atoms with Gasteiger partial charge in [0.2, 0.25) is 0 Å². The van der Waals surface area contributed by atoms with E-state index in [9.17, 15) is 0 Å². The lowest BCUT2D eigenvalue weighted by molar-refractivity contribution is 0.672. The summed E-state index contributed by atoms with van der Waals surface area (Å²) >= 11 is 0. The zero-order valence-electron chi connectivity index (χ0n) is 10.9. The molecule has 1 heterocycles. The van der Waals surface area contributed by atoms with E-state index < -0.39 is 0 Å². The van der Waals surface area contributed by atoms with Crippen molar-refractivity contribution in [2.45, 2.75) is 40.7 Å². The number of hydrogen-bond donors (Lipinski definition) is 2. The van der Waals surface area contributed by atoms with Crippen LogP contribution in [0.15, 0.2) is 6.07 Å². The second-order valence-electron chi connectivity index (χ2n) is 4.11. The van der Waals surface area contributed by atoms with Crippen molar-refractivity contribution in [2.24, 2.45) is 0 Å². The molecule has 3 heteroatoms. The van der Waals surface area contributed by atoms with E-state index in [-0.39, 0.29) is 0 Å². The van der Waals surface area contributed by atoms with Crippen LogP contribution in [0.5, 0.6) is 0 Å². The second-order valence-corrected chi connectivity index (χ2v) is 4.11. The fraction of sp³-hybridized carbons (Fsp3) is 0.615. The van der Waals surface area contributed by atoms with E-state index in [4.69, 9.17) is 0 Å². The first-order valence-corrected chi connectivity index (χ1v) is 6.10. The fourth-order valence-corrected chi connectivity index (χ4v) is 1.79. The summed E-state index contributed by atoms with van der Waals surface area (Å²) in [6.07, 6.45) is 1.16. The Morgan fingerprint density at radius 1 is 1.25 bits per heavy atom. The van der Waals surface area contributed by atoms with Crippen molar-refractivity contribution in [1.82, 2.24) is 10.3 Å². The predicted octanol–water partition coefficient (Wildman–Crippen LogP) is 2.63. The molecule has 0 spiro atoms. The molecular weight excluding hydrogens is 198 g/mol. The summed E-state index contributed by atoms with van der Waals surface area (Å²) in [6.45, 7) is 11.3. The molecule has 0 saturated carbocycles. The number of anilines is 1. The quantitative estimate of drug-likeness (QED) is 0.725. The number of aromatic nitrogens is 1. The zero-order chi connectivity index (χ0) is 12.0. The summed E-state index contributed by atoms with van der Waals surface area (Å²) in [7, 11) is 0. The van der Waals surface area contributed by atoms with E-state index >= 15 is 0 Å². The topological polar surface area (TPSA) is 37.0 Å². The van der Waals surface area contributed by atoms with Crippen molar-refractivity contribution in [3.63, 3.8) is 0 Å². The standard InChI is InChI=1S/C13H23N3/c1-5-7-14-9-12-10(3)8-11(4)16-13(12)15-6-2/h8,14H,5-7,9H2,1-4H3,(H,15,16). The Morgan fingerprint density at radius 2 is 2.00 bits per heavy atom. The molecule has 1 aromatic rings. The maximum absolute atomic E-state index is 4.55. The van der Waals surface area contributed by atoms with Gasteiger partial charge in [-0.1, -0.05) is 6.92 Å². The third-order valence-electron chi connectivity index (χ3n) is 2.55. The van der Waals surface area contributed by atoms with E-state index in [1.807, 2.05) is 6.92 Å². The van der Waals surface area contributed by atoms with Crippen molar-refractivity contribution in [1.29, 1.82) is 0 Å². The van der Waals surface area contributed by atoms with Crippen LogP contribution in [0.25, 0.3) is 0 Å². The highest BCUT2D eigenvalue weighted by molar-refractivity contribution is 5.49. The van der Waals surface area contributed by atoms with Crippen LogP contribution < -0.4 is 10.6 Å². The van der Waals surface area contributed by atoms with E-state index in [0.29, 0.717) is 0 Å². The predicted molar refractivity (Wildman–Crippen MR) is 69.9 cm³/mol. The molecule has 0 unspecified atom stereocenters. The van der Waals surface area contributed by atoms with Crippen molar-refractivity contribution in [2.75, 3.05) is 18.4 Å². The molecule has 0 fully saturated rings. The minimum Gasteiger partial charge on any atom is -0.370 e. The van der Waals surface area contributed by atoms with Gasteiger partial charge in [-0.05, 0) is 45.4 Å². The summed E-state index contributed by atoms with van der Waals surface area (Å²) in [5.41, 5.74) is 3.68. The monoisotopic (exact) mass is 221 g/mol. The molecule has 0 amide bonds. The highest BCUT2D eigenvalue weighted by atomic mass is 15.0. The summed E-state index contributed by atoms with van der Waals surface area (Å²) in [6, 6.07) is 2.14. The van der Waals surface area contributed by atoms with E-state index in [2.05, 4.69) is 42.5 Å². The maximum atomic E-state index is 4.55. The highest BCUT2D eigenvalue weighted by Gasteiger charge is 2.07. The van der Waals surface area contributed by atoms with E-state index in [1.54, 1.807) is 0 Å². The third-order valence-corrected chi connectivity index (χ3v) is 2.55. The zero-order valence-corrected chi connectivity index (χ0v) is 10.9. The van der Waals surface area contributed by atoms with Gasteiger partial charge in [-0.25, -0.2) is 4.98 Å². The molecule has 0 aliphatic rings. The Balaban J connectivity index is 2.85. The number of aryl methyl sites for hydroxylation is 2. The Labute approximate surface area is 98.7 Å². The van der Waals surface area contributed by atoms with Crippen LogP contribution in [-0.2, 0) is 6.54 Å². The minimum atomic E-state index is 0.898. The van der Waals surface area contributed by atoms with Gasteiger partial charge in [0, 0.05) is 24.3 Å². The molecule has 16 heavy (non-hydrogen) atoms.